The molecule has 1 aliphatic rings. The van der Waals surface area contributed by atoms with Gasteiger partial charge in [0.15, 0.2) is 5.82 Å². The second-order valence-electron chi connectivity index (χ2n) is 4.35. The summed E-state index contributed by atoms with van der Waals surface area (Å²) in [5.74, 6) is 1.54. The van der Waals surface area contributed by atoms with Gasteiger partial charge in [0.2, 0.25) is 5.89 Å². The van der Waals surface area contributed by atoms with Crippen LogP contribution in [-0.2, 0) is 12.8 Å². The third-order valence-electron chi connectivity index (χ3n) is 2.95. The molecule has 5 nitrogen and oxygen atoms in total. The number of rotatable bonds is 5. The summed E-state index contributed by atoms with van der Waals surface area (Å²) in [6.07, 6.45) is 6.38. The average Bonchev–Trinajstić information content (AvgIpc) is 2.75. The van der Waals surface area contributed by atoms with Crippen LogP contribution in [0.1, 0.15) is 37.4 Å². The molecule has 0 radical (unpaired) electrons. The largest absolute Gasteiger partial charge is 0.339 e. The SMILES string of the molecule is NCCCc1noc(CC2CCCCN2)n1. The summed E-state index contributed by atoms with van der Waals surface area (Å²) in [4.78, 5) is 4.37. The minimum Gasteiger partial charge on any atom is -0.339 e. The van der Waals surface area contributed by atoms with E-state index in [0.717, 1.165) is 37.5 Å². The molecule has 1 aromatic heterocycles. The summed E-state index contributed by atoms with van der Waals surface area (Å²) >= 11 is 0. The van der Waals surface area contributed by atoms with Gasteiger partial charge in [-0.3, -0.25) is 0 Å². The lowest BCUT2D eigenvalue weighted by molar-refractivity contribution is 0.329. The van der Waals surface area contributed by atoms with Gasteiger partial charge >= 0.3 is 0 Å². The molecule has 90 valence electrons. The molecule has 0 spiro atoms. The Hall–Kier alpha value is -0.940. The van der Waals surface area contributed by atoms with Crippen molar-refractivity contribution in [2.75, 3.05) is 13.1 Å². The van der Waals surface area contributed by atoms with Crippen LogP contribution in [0.25, 0.3) is 0 Å². The fourth-order valence-electron chi connectivity index (χ4n) is 2.04. The molecule has 1 saturated heterocycles. The highest BCUT2D eigenvalue weighted by Gasteiger charge is 2.16. The van der Waals surface area contributed by atoms with Crippen molar-refractivity contribution in [1.82, 2.24) is 15.5 Å². The molecular formula is C11H20N4O. The number of aromatic nitrogens is 2. The van der Waals surface area contributed by atoms with Crippen LogP contribution >= 0.6 is 0 Å². The minimum absolute atomic E-state index is 0.511. The fraction of sp³-hybridized carbons (Fsp3) is 0.818. The average molecular weight is 224 g/mol. The number of nitrogens with two attached hydrogens (primary N) is 1. The molecule has 1 atom stereocenters. The Morgan fingerprint density at radius 1 is 1.44 bits per heavy atom. The van der Waals surface area contributed by atoms with Crippen LogP contribution in [0, 0.1) is 0 Å². The van der Waals surface area contributed by atoms with Gasteiger partial charge in [0.05, 0.1) is 0 Å². The van der Waals surface area contributed by atoms with E-state index in [1.54, 1.807) is 0 Å². The van der Waals surface area contributed by atoms with Gasteiger partial charge in [0.25, 0.3) is 0 Å². The lowest BCUT2D eigenvalue weighted by atomic mass is 10.0. The maximum absolute atomic E-state index is 5.44. The number of nitrogens with zero attached hydrogens (tertiary/aromatic N) is 2. The van der Waals surface area contributed by atoms with E-state index >= 15 is 0 Å². The smallest absolute Gasteiger partial charge is 0.228 e. The maximum Gasteiger partial charge on any atom is 0.228 e. The zero-order valence-electron chi connectivity index (χ0n) is 9.61. The zero-order chi connectivity index (χ0) is 11.2. The van der Waals surface area contributed by atoms with E-state index in [1.165, 1.54) is 19.3 Å². The number of aryl methyl sites for hydroxylation is 1. The molecule has 5 heteroatoms. The van der Waals surface area contributed by atoms with Crippen LogP contribution in [0.2, 0.25) is 0 Å². The summed E-state index contributed by atoms with van der Waals surface area (Å²) in [7, 11) is 0. The molecule has 0 aromatic carbocycles. The van der Waals surface area contributed by atoms with Crippen LogP contribution in [-0.4, -0.2) is 29.3 Å². The molecule has 1 unspecified atom stereocenters. The topological polar surface area (TPSA) is 77.0 Å². The monoisotopic (exact) mass is 224 g/mol. The summed E-state index contributed by atoms with van der Waals surface area (Å²) in [5.41, 5.74) is 5.44. The first-order valence-electron chi connectivity index (χ1n) is 6.13. The summed E-state index contributed by atoms with van der Waals surface area (Å²) in [5, 5.41) is 7.42. The van der Waals surface area contributed by atoms with Gasteiger partial charge in [-0.15, -0.1) is 0 Å². The van der Waals surface area contributed by atoms with E-state index in [-0.39, 0.29) is 0 Å². The first-order chi connectivity index (χ1) is 7.88. The molecule has 1 aliphatic heterocycles. The number of piperidine rings is 1. The van der Waals surface area contributed by atoms with E-state index in [9.17, 15) is 0 Å². The van der Waals surface area contributed by atoms with E-state index in [4.69, 9.17) is 10.3 Å². The van der Waals surface area contributed by atoms with Crippen molar-refractivity contribution in [2.45, 2.75) is 44.6 Å². The standard InChI is InChI=1S/C11H20N4O/c12-6-3-5-10-14-11(16-15-10)8-9-4-1-2-7-13-9/h9,13H,1-8,12H2. The van der Waals surface area contributed by atoms with E-state index in [2.05, 4.69) is 15.5 Å². The lowest BCUT2D eigenvalue weighted by Gasteiger charge is -2.21. The molecule has 0 saturated carbocycles. The van der Waals surface area contributed by atoms with Crippen molar-refractivity contribution >= 4 is 0 Å². The molecule has 1 aromatic rings. The Bertz CT molecular complexity index is 307. The van der Waals surface area contributed by atoms with Crippen LogP contribution in [0.4, 0.5) is 0 Å². The lowest BCUT2D eigenvalue weighted by Crippen LogP contribution is -2.35. The van der Waals surface area contributed by atoms with Crippen molar-refractivity contribution in [3.63, 3.8) is 0 Å². The highest BCUT2D eigenvalue weighted by Crippen LogP contribution is 2.11. The Morgan fingerprint density at radius 3 is 3.12 bits per heavy atom. The van der Waals surface area contributed by atoms with Crippen LogP contribution in [0.3, 0.4) is 0 Å². The Balaban J connectivity index is 1.81. The molecule has 2 heterocycles. The summed E-state index contributed by atoms with van der Waals surface area (Å²) < 4.78 is 5.22. The van der Waals surface area contributed by atoms with Crippen LogP contribution in [0.15, 0.2) is 4.52 Å². The quantitative estimate of drug-likeness (QED) is 0.767. The molecule has 0 amide bonds. The number of hydrogen-bond donors (Lipinski definition) is 2. The second kappa shape index (κ2) is 5.96. The third kappa shape index (κ3) is 3.28. The maximum atomic E-state index is 5.44. The minimum atomic E-state index is 0.511. The molecule has 0 bridgehead atoms. The number of nitrogens with one attached hydrogen (secondary N) is 1. The molecule has 0 aliphatic carbocycles. The molecular weight excluding hydrogens is 204 g/mol. The van der Waals surface area contributed by atoms with Gasteiger partial charge in [-0.2, -0.15) is 4.98 Å². The highest BCUT2D eigenvalue weighted by atomic mass is 16.5. The van der Waals surface area contributed by atoms with Crippen molar-refractivity contribution in [3.05, 3.63) is 11.7 Å². The molecule has 16 heavy (non-hydrogen) atoms. The first kappa shape index (κ1) is 11.5. The van der Waals surface area contributed by atoms with Gasteiger partial charge in [0.1, 0.15) is 0 Å². The van der Waals surface area contributed by atoms with Crippen molar-refractivity contribution in [1.29, 1.82) is 0 Å². The second-order valence-corrected chi connectivity index (χ2v) is 4.35. The summed E-state index contributed by atoms with van der Waals surface area (Å²) in [6.45, 7) is 1.78. The predicted octanol–water partition coefficient (Wildman–Crippen LogP) is 0.645. The van der Waals surface area contributed by atoms with Crippen LogP contribution < -0.4 is 11.1 Å². The van der Waals surface area contributed by atoms with Gasteiger partial charge in [-0.05, 0) is 32.4 Å². The van der Waals surface area contributed by atoms with E-state index < -0.39 is 0 Å². The van der Waals surface area contributed by atoms with Crippen LogP contribution in [0.5, 0.6) is 0 Å². The third-order valence-corrected chi connectivity index (χ3v) is 2.95. The fourth-order valence-corrected chi connectivity index (χ4v) is 2.04. The molecule has 2 rings (SSSR count). The predicted molar refractivity (Wildman–Crippen MR) is 61.0 cm³/mol. The highest BCUT2D eigenvalue weighted by molar-refractivity contribution is 4.90. The van der Waals surface area contributed by atoms with Gasteiger partial charge in [-0.25, -0.2) is 0 Å². The first-order valence-corrected chi connectivity index (χ1v) is 6.13. The molecule has 1 fully saturated rings. The Morgan fingerprint density at radius 2 is 2.38 bits per heavy atom. The Kier molecular flexibility index (Phi) is 4.30. The van der Waals surface area contributed by atoms with E-state index in [0.29, 0.717) is 12.6 Å². The zero-order valence-corrected chi connectivity index (χ0v) is 9.61. The van der Waals surface area contributed by atoms with E-state index in [1.807, 2.05) is 0 Å². The van der Waals surface area contributed by atoms with Crippen molar-refractivity contribution in [3.8, 4) is 0 Å². The number of hydrogen-bond acceptors (Lipinski definition) is 5. The van der Waals surface area contributed by atoms with Crippen molar-refractivity contribution in [2.24, 2.45) is 5.73 Å². The summed E-state index contributed by atoms with van der Waals surface area (Å²) in [6, 6.07) is 0.511. The van der Waals surface area contributed by atoms with Gasteiger partial charge < -0.3 is 15.6 Å². The van der Waals surface area contributed by atoms with Gasteiger partial charge in [0, 0.05) is 18.9 Å². The molecule has 3 N–H and O–H groups in total. The Labute approximate surface area is 95.8 Å². The van der Waals surface area contributed by atoms with Gasteiger partial charge in [-0.1, -0.05) is 11.6 Å². The van der Waals surface area contributed by atoms with Crippen molar-refractivity contribution < 1.29 is 4.52 Å². The normalized spacial score (nSPS) is 21.2.